The number of aliphatic hydroxyl groups excluding tert-OH is 1. The smallest absolute Gasteiger partial charge is 0.411 e. The topological polar surface area (TPSA) is 118 Å². The van der Waals surface area contributed by atoms with Crippen LogP contribution in [0, 0.1) is 0 Å². The van der Waals surface area contributed by atoms with Gasteiger partial charge in [-0.25, -0.2) is 9.59 Å². The van der Waals surface area contributed by atoms with Crippen LogP contribution in [0.25, 0.3) is 0 Å². The molecule has 38 heavy (non-hydrogen) atoms. The molecule has 3 rings (SSSR count). The van der Waals surface area contributed by atoms with Crippen LogP contribution in [-0.2, 0) is 9.47 Å². The highest BCUT2D eigenvalue weighted by Crippen LogP contribution is 2.30. The molecule has 1 atom stereocenters. The quantitative estimate of drug-likeness (QED) is 0.237. The van der Waals surface area contributed by atoms with Crippen molar-refractivity contribution in [3.05, 3.63) is 90.0 Å². The number of amides is 2. The van der Waals surface area contributed by atoms with Gasteiger partial charge in [0.2, 0.25) is 0 Å². The number of benzene rings is 3. The molecule has 0 aromatic heterocycles. The summed E-state index contributed by atoms with van der Waals surface area (Å²) in [6.45, 7) is 1.24. The second-order valence-electron chi connectivity index (χ2n) is 8.30. The Morgan fingerprint density at radius 3 is 1.76 bits per heavy atom. The van der Waals surface area contributed by atoms with E-state index in [1.165, 1.54) is 14.2 Å². The Morgan fingerprint density at radius 1 is 0.789 bits per heavy atom. The van der Waals surface area contributed by atoms with Gasteiger partial charge in [0.05, 0.1) is 14.2 Å². The molecule has 3 aromatic rings. The first-order valence-corrected chi connectivity index (χ1v) is 11.9. The molecule has 0 unspecified atom stereocenters. The summed E-state index contributed by atoms with van der Waals surface area (Å²) in [5, 5.41) is 18.9. The number of para-hydroxylation sites is 1. The highest BCUT2D eigenvalue weighted by atomic mass is 35.5. The molecule has 3 aromatic carbocycles. The standard InChI is InChI=1S/C28H33N3O6.ClH/c1-35-27(33)30-22-12-8-20(9-13-22)26(21-10-14-23(15-11-21)31-28(34)36-2)16-17-29-18-24(32)19-37-25-6-4-3-5-7-25;/h3-15,24,26,29,32H,16-19H2,1-2H3,(H,30,33)(H,31,34);1H/t24-;/m0./s1. The highest BCUT2D eigenvalue weighted by Gasteiger charge is 2.16. The van der Waals surface area contributed by atoms with Crippen molar-refractivity contribution in [3.63, 3.8) is 0 Å². The average molecular weight is 544 g/mol. The molecule has 0 heterocycles. The fourth-order valence-corrected chi connectivity index (χ4v) is 3.74. The summed E-state index contributed by atoms with van der Waals surface area (Å²) >= 11 is 0. The van der Waals surface area contributed by atoms with Crippen LogP contribution >= 0.6 is 12.4 Å². The number of ether oxygens (including phenoxy) is 3. The number of hydrogen-bond donors (Lipinski definition) is 4. The zero-order chi connectivity index (χ0) is 26.5. The van der Waals surface area contributed by atoms with Gasteiger partial charge in [-0.15, -0.1) is 12.4 Å². The van der Waals surface area contributed by atoms with E-state index >= 15 is 0 Å². The number of carbonyl (C=O) groups excluding carboxylic acids is 2. The van der Waals surface area contributed by atoms with E-state index in [1.54, 1.807) is 0 Å². The maximum atomic E-state index is 11.5. The molecule has 10 heteroatoms. The van der Waals surface area contributed by atoms with Gasteiger partial charge in [-0.05, 0) is 60.5 Å². The van der Waals surface area contributed by atoms with Crippen LogP contribution in [-0.4, -0.2) is 57.3 Å². The van der Waals surface area contributed by atoms with Gasteiger partial charge in [0.25, 0.3) is 0 Å². The normalized spacial score (nSPS) is 11.2. The summed E-state index contributed by atoms with van der Waals surface area (Å²) in [6, 6.07) is 24.5. The molecule has 0 bridgehead atoms. The Labute approximate surface area is 228 Å². The summed E-state index contributed by atoms with van der Waals surface area (Å²) < 4.78 is 14.9. The van der Waals surface area contributed by atoms with Gasteiger partial charge in [-0.2, -0.15) is 0 Å². The molecular weight excluding hydrogens is 510 g/mol. The van der Waals surface area contributed by atoms with E-state index in [9.17, 15) is 14.7 Å². The van der Waals surface area contributed by atoms with Crippen LogP contribution in [0.3, 0.4) is 0 Å². The van der Waals surface area contributed by atoms with Crippen molar-refractivity contribution >= 4 is 36.0 Å². The maximum absolute atomic E-state index is 11.5. The van der Waals surface area contributed by atoms with E-state index in [0.29, 0.717) is 24.5 Å². The van der Waals surface area contributed by atoms with Crippen LogP contribution in [0.2, 0.25) is 0 Å². The third kappa shape index (κ3) is 9.93. The van der Waals surface area contributed by atoms with Crippen molar-refractivity contribution in [2.45, 2.75) is 18.4 Å². The van der Waals surface area contributed by atoms with E-state index in [0.717, 1.165) is 23.3 Å². The molecule has 0 aliphatic carbocycles. The lowest BCUT2D eigenvalue weighted by atomic mass is 9.88. The van der Waals surface area contributed by atoms with Crippen LogP contribution in [0.5, 0.6) is 5.75 Å². The lowest BCUT2D eigenvalue weighted by molar-refractivity contribution is 0.106. The molecule has 0 saturated carbocycles. The fraction of sp³-hybridized carbons (Fsp3) is 0.286. The lowest BCUT2D eigenvalue weighted by Gasteiger charge is -2.20. The van der Waals surface area contributed by atoms with Gasteiger partial charge in [0.1, 0.15) is 18.5 Å². The zero-order valence-corrected chi connectivity index (χ0v) is 22.2. The second-order valence-corrected chi connectivity index (χ2v) is 8.30. The highest BCUT2D eigenvalue weighted by molar-refractivity contribution is 5.85. The first-order chi connectivity index (χ1) is 18.0. The maximum Gasteiger partial charge on any atom is 0.411 e. The Balaban J connectivity index is 0.00000507. The Hall–Kier alpha value is -3.79. The molecule has 4 N–H and O–H groups in total. The summed E-state index contributed by atoms with van der Waals surface area (Å²) in [5.41, 5.74) is 3.37. The Kier molecular flexibility index (Phi) is 12.9. The Morgan fingerprint density at radius 2 is 1.29 bits per heavy atom. The zero-order valence-electron chi connectivity index (χ0n) is 21.4. The number of nitrogens with one attached hydrogen (secondary N) is 3. The van der Waals surface area contributed by atoms with Crippen molar-refractivity contribution in [3.8, 4) is 5.75 Å². The minimum atomic E-state index is -0.647. The van der Waals surface area contributed by atoms with Gasteiger partial charge in [-0.3, -0.25) is 10.6 Å². The number of aliphatic hydroxyl groups is 1. The van der Waals surface area contributed by atoms with E-state index in [4.69, 9.17) is 4.74 Å². The molecule has 0 saturated heterocycles. The van der Waals surface area contributed by atoms with Crippen molar-refractivity contribution < 1.29 is 28.9 Å². The molecule has 204 valence electrons. The molecule has 2 amide bonds. The van der Waals surface area contributed by atoms with Crippen molar-refractivity contribution in [1.29, 1.82) is 0 Å². The first kappa shape index (κ1) is 30.4. The fourth-order valence-electron chi connectivity index (χ4n) is 3.74. The van der Waals surface area contributed by atoms with E-state index in [1.807, 2.05) is 78.9 Å². The molecule has 0 fully saturated rings. The number of anilines is 2. The number of halogens is 1. The van der Waals surface area contributed by atoms with Crippen LogP contribution in [0.4, 0.5) is 21.0 Å². The molecule has 0 aliphatic heterocycles. The molecule has 0 aliphatic rings. The molecule has 0 radical (unpaired) electrons. The van der Waals surface area contributed by atoms with Gasteiger partial charge in [0.15, 0.2) is 0 Å². The predicted octanol–water partition coefficient (Wildman–Crippen LogP) is 5.02. The summed E-state index contributed by atoms with van der Waals surface area (Å²) in [4.78, 5) is 23.0. The summed E-state index contributed by atoms with van der Waals surface area (Å²) in [6.07, 6.45) is -0.959. The predicted molar refractivity (Wildman–Crippen MR) is 149 cm³/mol. The van der Waals surface area contributed by atoms with Gasteiger partial charge >= 0.3 is 12.2 Å². The van der Waals surface area contributed by atoms with Crippen molar-refractivity contribution in [2.24, 2.45) is 0 Å². The second kappa shape index (κ2) is 16.1. The molecule has 9 nitrogen and oxygen atoms in total. The number of rotatable bonds is 12. The average Bonchev–Trinajstić information content (AvgIpc) is 2.93. The minimum absolute atomic E-state index is 0. The molecule has 0 spiro atoms. The van der Waals surface area contributed by atoms with Gasteiger partial charge < -0.3 is 24.6 Å². The van der Waals surface area contributed by atoms with Gasteiger partial charge in [0, 0.05) is 23.8 Å². The Bertz CT molecular complexity index is 1050. The van der Waals surface area contributed by atoms with Crippen molar-refractivity contribution in [2.75, 3.05) is 44.5 Å². The first-order valence-electron chi connectivity index (χ1n) is 11.9. The third-order valence-electron chi connectivity index (χ3n) is 5.67. The van der Waals surface area contributed by atoms with Crippen LogP contribution in [0.1, 0.15) is 23.5 Å². The van der Waals surface area contributed by atoms with E-state index in [2.05, 4.69) is 25.4 Å². The number of carbonyl (C=O) groups is 2. The van der Waals surface area contributed by atoms with E-state index in [-0.39, 0.29) is 24.9 Å². The summed E-state index contributed by atoms with van der Waals surface area (Å²) in [5.74, 6) is 0.751. The number of methoxy groups -OCH3 is 2. The monoisotopic (exact) mass is 543 g/mol. The lowest BCUT2D eigenvalue weighted by Crippen LogP contribution is -2.32. The van der Waals surface area contributed by atoms with Crippen LogP contribution < -0.4 is 20.7 Å². The van der Waals surface area contributed by atoms with Crippen molar-refractivity contribution in [1.82, 2.24) is 5.32 Å². The largest absolute Gasteiger partial charge is 0.491 e. The van der Waals surface area contributed by atoms with Crippen LogP contribution in [0.15, 0.2) is 78.9 Å². The van der Waals surface area contributed by atoms with E-state index < -0.39 is 18.3 Å². The minimum Gasteiger partial charge on any atom is -0.491 e. The molecular formula is C28H34ClN3O6. The number of hydrogen-bond acceptors (Lipinski definition) is 7. The third-order valence-corrected chi connectivity index (χ3v) is 5.67. The van der Waals surface area contributed by atoms with Gasteiger partial charge in [-0.1, -0.05) is 42.5 Å². The SMILES string of the molecule is COC(=O)Nc1ccc(C(CCNC[C@H](O)COc2ccccc2)c2ccc(NC(=O)OC)cc2)cc1.Cl. The summed E-state index contributed by atoms with van der Waals surface area (Å²) in [7, 11) is 2.63.